The molecule has 1 aromatic carbocycles. The van der Waals surface area contributed by atoms with Gasteiger partial charge in [0.25, 0.3) is 5.91 Å². The largest absolute Gasteiger partial charge is 0.497 e. The zero-order valence-electron chi connectivity index (χ0n) is 11.9. The van der Waals surface area contributed by atoms with E-state index in [-0.39, 0.29) is 23.1 Å². The highest BCUT2D eigenvalue weighted by Crippen LogP contribution is 2.17. The Morgan fingerprint density at radius 2 is 2.10 bits per heavy atom. The summed E-state index contributed by atoms with van der Waals surface area (Å²) in [5.74, 6) is -1.09. The number of aromatic carboxylic acids is 1. The Morgan fingerprint density at radius 3 is 2.71 bits per heavy atom. The van der Waals surface area contributed by atoms with Crippen LogP contribution in [0.15, 0.2) is 18.2 Å². The average molecular weight is 293 g/mol. The summed E-state index contributed by atoms with van der Waals surface area (Å²) in [5, 5.41) is 11.8. The Balaban J connectivity index is 2.03. The fourth-order valence-electron chi connectivity index (χ4n) is 2.25. The quantitative estimate of drug-likeness (QED) is 0.863. The average Bonchev–Trinajstić information content (AvgIpc) is 2.53. The van der Waals surface area contributed by atoms with Crippen molar-refractivity contribution in [1.82, 2.24) is 5.32 Å². The molecule has 0 bridgehead atoms. The Labute approximate surface area is 123 Å². The summed E-state index contributed by atoms with van der Waals surface area (Å²) in [7, 11) is 1.43. The van der Waals surface area contributed by atoms with Crippen LogP contribution in [0, 0.1) is 0 Å². The molecule has 1 fully saturated rings. The van der Waals surface area contributed by atoms with Crippen molar-refractivity contribution in [1.29, 1.82) is 0 Å². The number of hydrogen-bond acceptors (Lipinski definition) is 4. The van der Waals surface area contributed by atoms with Crippen molar-refractivity contribution in [3.05, 3.63) is 29.3 Å². The van der Waals surface area contributed by atoms with E-state index < -0.39 is 5.97 Å². The molecule has 1 aliphatic rings. The molecule has 0 saturated carbocycles. The second-order valence-electron chi connectivity index (χ2n) is 4.95. The number of carboxylic acid groups (broad SMARTS) is 1. The number of benzene rings is 1. The molecule has 0 aliphatic carbocycles. The van der Waals surface area contributed by atoms with Crippen LogP contribution in [0.25, 0.3) is 0 Å². The highest BCUT2D eigenvalue weighted by atomic mass is 16.5. The number of methoxy groups -OCH3 is 1. The van der Waals surface area contributed by atoms with E-state index in [1.165, 1.54) is 25.3 Å². The van der Waals surface area contributed by atoms with Gasteiger partial charge in [-0.3, -0.25) is 4.79 Å². The summed E-state index contributed by atoms with van der Waals surface area (Å²) in [4.78, 5) is 23.2. The van der Waals surface area contributed by atoms with Crippen molar-refractivity contribution < 1.29 is 24.2 Å². The van der Waals surface area contributed by atoms with E-state index >= 15 is 0 Å². The van der Waals surface area contributed by atoms with Crippen molar-refractivity contribution in [2.45, 2.75) is 25.4 Å². The molecule has 1 saturated heterocycles. The molecule has 1 atom stereocenters. The van der Waals surface area contributed by atoms with Crippen molar-refractivity contribution in [2.75, 3.05) is 20.3 Å². The number of nitrogens with one attached hydrogen (secondary N) is 1. The first-order valence-corrected chi connectivity index (χ1v) is 6.92. The number of rotatable bonds is 5. The first-order valence-electron chi connectivity index (χ1n) is 6.92. The minimum absolute atomic E-state index is 0.0217. The molecule has 0 aromatic heterocycles. The van der Waals surface area contributed by atoms with Gasteiger partial charge in [0.05, 0.1) is 18.8 Å². The molecule has 1 unspecified atom stereocenters. The minimum atomic E-state index is -1.10. The van der Waals surface area contributed by atoms with Gasteiger partial charge in [0.2, 0.25) is 0 Å². The van der Waals surface area contributed by atoms with E-state index in [0.29, 0.717) is 12.3 Å². The first-order chi connectivity index (χ1) is 10.1. The standard InChI is InChI=1S/C15H19NO5/c1-20-13-7-10(6-11(8-13)15(18)19)14(17)16-9-12-4-2-3-5-21-12/h6-8,12H,2-5,9H2,1H3,(H,16,17)(H,18,19). The Hall–Kier alpha value is -2.08. The number of carbonyl (C=O) groups excluding carboxylic acids is 1. The number of hydrogen-bond donors (Lipinski definition) is 2. The van der Waals surface area contributed by atoms with E-state index in [0.717, 1.165) is 25.9 Å². The van der Waals surface area contributed by atoms with E-state index in [4.69, 9.17) is 14.6 Å². The van der Waals surface area contributed by atoms with Gasteiger partial charge in [0.15, 0.2) is 0 Å². The molecule has 1 amide bonds. The predicted molar refractivity (Wildman–Crippen MR) is 75.9 cm³/mol. The lowest BCUT2D eigenvalue weighted by molar-refractivity contribution is 0.0169. The topological polar surface area (TPSA) is 84.9 Å². The van der Waals surface area contributed by atoms with Crippen LogP contribution in [-0.4, -0.2) is 43.3 Å². The maximum absolute atomic E-state index is 12.1. The van der Waals surface area contributed by atoms with E-state index in [2.05, 4.69) is 5.32 Å². The van der Waals surface area contributed by atoms with Gasteiger partial charge >= 0.3 is 5.97 Å². The van der Waals surface area contributed by atoms with Gasteiger partial charge in [0.1, 0.15) is 5.75 Å². The second-order valence-corrected chi connectivity index (χ2v) is 4.95. The summed E-state index contributed by atoms with van der Waals surface area (Å²) in [6, 6.07) is 4.23. The second kappa shape index (κ2) is 7.08. The summed E-state index contributed by atoms with van der Waals surface area (Å²) >= 11 is 0. The van der Waals surface area contributed by atoms with Gasteiger partial charge in [-0.05, 0) is 37.5 Å². The molecule has 114 valence electrons. The van der Waals surface area contributed by atoms with Crippen LogP contribution >= 0.6 is 0 Å². The number of ether oxygens (including phenoxy) is 2. The third-order valence-electron chi connectivity index (χ3n) is 3.42. The lowest BCUT2D eigenvalue weighted by atomic mass is 10.1. The summed E-state index contributed by atoms with van der Waals surface area (Å²) in [6.45, 7) is 1.15. The van der Waals surface area contributed by atoms with Crippen LogP contribution in [-0.2, 0) is 4.74 Å². The molecular formula is C15H19NO5. The van der Waals surface area contributed by atoms with Crippen LogP contribution in [0.1, 0.15) is 40.0 Å². The molecule has 2 rings (SSSR count). The Kier molecular flexibility index (Phi) is 5.16. The SMILES string of the molecule is COc1cc(C(=O)O)cc(C(=O)NCC2CCCCO2)c1. The van der Waals surface area contributed by atoms with Crippen molar-refractivity contribution in [3.8, 4) is 5.75 Å². The lowest BCUT2D eigenvalue weighted by Gasteiger charge is -2.22. The Morgan fingerprint density at radius 1 is 1.33 bits per heavy atom. The molecule has 0 radical (unpaired) electrons. The van der Waals surface area contributed by atoms with Gasteiger partial charge in [-0.2, -0.15) is 0 Å². The number of amides is 1. The summed E-state index contributed by atoms with van der Waals surface area (Å²) in [5.41, 5.74) is 0.288. The zero-order valence-corrected chi connectivity index (χ0v) is 11.9. The van der Waals surface area contributed by atoms with E-state index in [9.17, 15) is 9.59 Å². The predicted octanol–water partition coefficient (Wildman–Crippen LogP) is 1.69. The molecule has 1 aliphatic heterocycles. The van der Waals surface area contributed by atoms with Crippen LogP contribution in [0.5, 0.6) is 5.75 Å². The fourth-order valence-corrected chi connectivity index (χ4v) is 2.25. The van der Waals surface area contributed by atoms with Crippen molar-refractivity contribution in [2.24, 2.45) is 0 Å². The van der Waals surface area contributed by atoms with Crippen LogP contribution in [0.3, 0.4) is 0 Å². The van der Waals surface area contributed by atoms with Crippen molar-refractivity contribution in [3.63, 3.8) is 0 Å². The summed E-state index contributed by atoms with van der Waals surface area (Å²) < 4.78 is 10.6. The molecule has 1 aromatic rings. The van der Waals surface area contributed by atoms with Gasteiger partial charge < -0.3 is 19.9 Å². The van der Waals surface area contributed by atoms with Gasteiger partial charge in [-0.25, -0.2) is 4.79 Å². The number of carboxylic acids is 1. The maximum Gasteiger partial charge on any atom is 0.335 e. The molecular weight excluding hydrogens is 274 g/mol. The third kappa shape index (κ3) is 4.19. The molecule has 6 nitrogen and oxygen atoms in total. The fraction of sp³-hybridized carbons (Fsp3) is 0.467. The lowest BCUT2D eigenvalue weighted by Crippen LogP contribution is -2.35. The van der Waals surface area contributed by atoms with Crippen LogP contribution in [0.2, 0.25) is 0 Å². The van der Waals surface area contributed by atoms with Crippen LogP contribution < -0.4 is 10.1 Å². The minimum Gasteiger partial charge on any atom is -0.497 e. The number of carbonyl (C=O) groups is 2. The molecule has 21 heavy (non-hydrogen) atoms. The van der Waals surface area contributed by atoms with Crippen molar-refractivity contribution >= 4 is 11.9 Å². The highest BCUT2D eigenvalue weighted by Gasteiger charge is 2.17. The van der Waals surface area contributed by atoms with Gasteiger partial charge in [-0.1, -0.05) is 0 Å². The molecule has 6 heteroatoms. The zero-order chi connectivity index (χ0) is 15.2. The molecule has 0 spiro atoms. The van der Waals surface area contributed by atoms with E-state index in [1.54, 1.807) is 0 Å². The first kappa shape index (κ1) is 15.3. The molecule has 2 N–H and O–H groups in total. The third-order valence-corrected chi connectivity index (χ3v) is 3.42. The normalized spacial score (nSPS) is 18.0. The smallest absolute Gasteiger partial charge is 0.335 e. The van der Waals surface area contributed by atoms with Crippen LogP contribution in [0.4, 0.5) is 0 Å². The monoisotopic (exact) mass is 293 g/mol. The summed E-state index contributed by atoms with van der Waals surface area (Å²) in [6.07, 6.45) is 3.12. The maximum atomic E-state index is 12.1. The van der Waals surface area contributed by atoms with Gasteiger partial charge in [-0.15, -0.1) is 0 Å². The Bertz CT molecular complexity index is 523. The molecule has 1 heterocycles. The van der Waals surface area contributed by atoms with E-state index in [1.807, 2.05) is 0 Å². The highest BCUT2D eigenvalue weighted by molar-refractivity contribution is 5.98. The van der Waals surface area contributed by atoms with Gasteiger partial charge in [0, 0.05) is 18.7 Å².